The minimum atomic E-state index is -0.428. The van der Waals surface area contributed by atoms with Gasteiger partial charge in [-0.05, 0) is 12.1 Å². The second-order valence-corrected chi connectivity index (χ2v) is 2.82. The first-order valence-electron chi connectivity index (χ1n) is 4.41. The van der Waals surface area contributed by atoms with Crippen LogP contribution in [0.1, 0.15) is 11.1 Å². The van der Waals surface area contributed by atoms with E-state index in [0.29, 0.717) is 11.1 Å². The van der Waals surface area contributed by atoms with Crippen LogP contribution in [0.15, 0.2) is 36.4 Å². The summed E-state index contributed by atoms with van der Waals surface area (Å²) in [5, 5.41) is 17.0. The predicted octanol–water partition coefficient (Wildman–Crippen LogP) is 2.26. The molecule has 0 heterocycles. The van der Waals surface area contributed by atoms with Gasteiger partial charge in [-0.15, -0.1) is 0 Å². The molecule has 15 heavy (non-hydrogen) atoms. The van der Waals surface area contributed by atoms with Crippen LogP contribution in [-0.2, 0) is 0 Å². The van der Waals surface area contributed by atoms with Crippen molar-refractivity contribution in [1.29, 1.82) is 5.26 Å². The van der Waals surface area contributed by atoms with Gasteiger partial charge in [0.2, 0.25) is 0 Å². The number of benzene rings is 1. The molecule has 0 bridgehead atoms. The fourth-order valence-corrected chi connectivity index (χ4v) is 1.03. The predicted molar refractivity (Wildman–Crippen MR) is 56.4 cm³/mol. The topological polar surface area (TPSA) is 44.0 Å². The number of allylic oxidation sites excluding steroid dienone is 2. The summed E-state index contributed by atoms with van der Waals surface area (Å²) in [6.45, 7) is -0.0415. The third kappa shape index (κ3) is 3.37. The Labute approximate surface area is 87.6 Å². The van der Waals surface area contributed by atoms with E-state index in [9.17, 15) is 4.39 Å². The number of nitriles is 1. The number of aliphatic hydroxyl groups is 1. The van der Waals surface area contributed by atoms with Gasteiger partial charge in [0.15, 0.2) is 0 Å². The van der Waals surface area contributed by atoms with Gasteiger partial charge in [0, 0.05) is 5.56 Å². The lowest BCUT2D eigenvalue weighted by Gasteiger charge is -1.95. The summed E-state index contributed by atoms with van der Waals surface area (Å²) in [4.78, 5) is 0. The molecule has 0 saturated heterocycles. The first-order chi connectivity index (χ1) is 7.27. The summed E-state index contributed by atoms with van der Waals surface area (Å²) in [6.07, 6.45) is 6.36. The fraction of sp³-hybridized carbons (Fsp3) is 0.0833. The Morgan fingerprint density at radius 2 is 2.20 bits per heavy atom. The highest BCUT2D eigenvalue weighted by Crippen LogP contribution is 2.11. The molecule has 1 aromatic carbocycles. The zero-order valence-electron chi connectivity index (χ0n) is 8.02. The zero-order chi connectivity index (χ0) is 11.1. The van der Waals surface area contributed by atoms with Gasteiger partial charge in [0.05, 0.1) is 18.2 Å². The third-order valence-corrected chi connectivity index (χ3v) is 1.76. The maximum absolute atomic E-state index is 13.3. The molecular weight excluding hydrogens is 193 g/mol. The van der Waals surface area contributed by atoms with E-state index < -0.39 is 5.82 Å². The second-order valence-electron chi connectivity index (χ2n) is 2.82. The molecule has 2 nitrogen and oxygen atoms in total. The van der Waals surface area contributed by atoms with Crippen LogP contribution < -0.4 is 0 Å². The number of aliphatic hydroxyl groups excluding tert-OH is 1. The van der Waals surface area contributed by atoms with Crippen LogP contribution >= 0.6 is 0 Å². The number of halogens is 1. The monoisotopic (exact) mass is 203 g/mol. The standard InChI is InChI=1S/C12H10FNO/c13-12-8-10(9-14)5-6-11(12)4-2-1-3-7-15/h1-6,8,15H,7H2. The molecular formula is C12H10FNO. The van der Waals surface area contributed by atoms with Gasteiger partial charge in [-0.1, -0.05) is 30.4 Å². The lowest BCUT2D eigenvalue weighted by Crippen LogP contribution is -1.83. The summed E-state index contributed by atoms with van der Waals surface area (Å²) in [5.74, 6) is -0.428. The number of hydrogen-bond acceptors (Lipinski definition) is 2. The van der Waals surface area contributed by atoms with Crippen molar-refractivity contribution >= 4 is 6.08 Å². The molecule has 1 N–H and O–H groups in total. The Morgan fingerprint density at radius 3 is 2.80 bits per heavy atom. The van der Waals surface area contributed by atoms with E-state index in [1.165, 1.54) is 18.2 Å². The number of nitrogens with zero attached hydrogens (tertiary/aromatic N) is 1. The second kappa shape index (κ2) is 5.74. The molecule has 3 heteroatoms. The molecule has 0 fully saturated rings. The van der Waals surface area contributed by atoms with Crippen molar-refractivity contribution in [3.05, 3.63) is 53.4 Å². The van der Waals surface area contributed by atoms with Crippen molar-refractivity contribution in [1.82, 2.24) is 0 Å². The van der Waals surface area contributed by atoms with E-state index in [-0.39, 0.29) is 6.61 Å². The van der Waals surface area contributed by atoms with E-state index in [4.69, 9.17) is 10.4 Å². The SMILES string of the molecule is N#Cc1ccc(C=CC=CCO)c(F)c1. The smallest absolute Gasteiger partial charge is 0.131 e. The van der Waals surface area contributed by atoms with Crippen molar-refractivity contribution in [2.75, 3.05) is 6.61 Å². The molecule has 76 valence electrons. The average Bonchev–Trinajstić information content (AvgIpc) is 2.26. The van der Waals surface area contributed by atoms with E-state index in [1.54, 1.807) is 24.3 Å². The van der Waals surface area contributed by atoms with Gasteiger partial charge in [0.25, 0.3) is 0 Å². The highest BCUT2D eigenvalue weighted by atomic mass is 19.1. The average molecular weight is 203 g/mol. The van der Waals surface area contributed by atoms with E-state index in [2.05, 4.69) is 0 Å². The quantitative estimate of drug-likeness (QED) is 0.766. The summed E-state index contributed by atoms with van der Waals surface area (Å²) < 4.78 is 13.3. The first-order valence-corrected chi connectivity index (χ1v) is 4.41. The van der Waals surface area contributed by atoms with Crippen molar-refractivity contribution in [2.45, 2.75) is 0 Å². The third-order valence-electron chi connectivity index (χ3n) is 1.76. The molecule has 0 saturated carbocycles. The van der Waals surface area contributed by atoms with Crippen LogP contribution in [0.5, 0.6) is 0 Å². The highest BCUT2D eigenvalue weighted by molar-refractivity contribution is 5.53. The van der Waals surface area contributed by atoms with E-state index in [1.807, 2.05) is 6.07 Å². The maximum Gasteiger partial charge on any atom is 0.131 e. The van der Waals surface area contributed by atoms with E-state index >= 15 is 0 Å². The Bertz CT molecular complexity index is 430. The lowest BCUT2D eigenvalue weighted by molar-refractivity contribution is 0.343. The minimum Gasteiger partial charge on any atom is -0.392 e. The summed E-state index contributed by atoms with van der Waals surface area (Å²) in [7, 11) is 0. The van der Waals surface area contributed by atoms with Crippen LogP contribution in [0.2, 0.25) is 0 Å². The van der Waals surface area contributed by atoms with Gasteiger partial charge in [0.1, 0.15) is 5.82 Å². The highest BCUT2D eigenvalue weighted by Gasteiger charge is 1.98. The molecule has 0 unspecified atom stereocenters. The minimum absolute atomic E-state index is 0.0415. The van der Waals surface area contributed by atoms with E-state index in [0.717, 1.165) is 0 Å². The molecule has 0 atom stereocenters. The normalized spacial score (nSPS) is 11.0. The molecule has 0 aliphatic rings. The number of hydrogen-bond donors (Lipinski definition) is 1. The first kappa shape index (κ1) is 11.2. The molecule has 1 aromatic rings. The Hall–Kier alpha value is -1.92. The molecule has 0 aliphatic carbocycles. The van der Waals surface area contributed by atoms with Crippen molar-refractivity contribution in [2.24, 2.45) is 0 Å². The fourth-order valence-electron chi connectivity index (χ4n) is 1.03. The maximum atomic E-state index is 13.3. The summed E-state index contributed by atoms with van der Waals surface area (Å²) in [6, 6.07) is 6.14. The van der Waals surface area contributed by atoms with Gasteiger partial charge in [-0.3, -0.25) is 0 Å². The molecule has 0 aliphatic heterocycles. The van der Waals surface area contributed by atoms with Crippen LogP contribution in [0.3, 0.4) is 0 Å². The Kier molecular flexibility index (Phi) is 4.27. The summed E-state index contributed by atoms with van der Waals surface area (Å²) >= 11 is 0. The van der Waals surface area contributed by atoms with Crippen molar-refractivity contribution in [3.63, 3.8) is 0 Å². The molecule has 1 rings (SSSR count). The van der Waals surface area contributed by atoms with Gasteiger partial charge in [-0.25, -0.2) is 4.39 Å². The van der Waals surface area contributed by atoms with Gasteiger partial charge in [-0.2, -0.15) is 5.26 Å². The van der Waals surface area contributed by atoms with Crippen LogP contribution in [0, 0.1) is 17.1 Å². The molecule has 0 aromatic heterocycles. The summed E-state index contributed by atoms with van der Waals surface area (Å²) in [5.41, 5.74) is 0.715. The largest absolute Gasteiger partial charge is 0.392 e. The molecule has 0 spiro atoms. The van der Waals surface area contributed by atoms with Gasteiger partial charge >= 0.3 is 0 Å². The van der Waals surface area contributed by atoms with Crippen LogP contribution in [0.25, 0.3) is 6.08 Å². The zero-order valence-corrected chi connectivity index (χ0v) is 8.02. The van der Waals surface area contributed by atoms with Crippen molar-refractivity contribution in [3.8, 4) is 6.07 Å². The Morgan fingerprint density at radius 1 is 1.40 bits per heavy atom. The molecule has 0 radical (unpaired) electrons. The number of rotatable bonds is 3. The lowest BCUT2D eigenvalue weighted by atomic mass is 10.1. The molecule has 0 amide bonds. The Balaban J connectivity index is 2.84. The van der Waals surface area contributed by atoms with Crippen LogP contribution in [-0.4, -0.2) is 11.7 Å². The van der Waals surface area contributed by atoms with Gasteiger partial charge < -0.3 is 5.11 Å². The van der Waals surface area contributed by atoms with Crippen molar-refractivity contribution < 1.29 is 9.50 Å². The van der Waals surface area contributed by atoms with Crippen LogP contribution in [0.4, 0.5) is 4.39 Å².